The Morgan fingerprint density at radius 1 is 1.32 bits per heavy atom. The summed E-state index contributed by atoms with van der Waals surface area (Å²) in [4.78, 5) is 12.1. The Labute approximate surface area is 122 Å². The predicted octanol–water partition coefficient (Wildman–Crippen LogP) is 3.04. The van der Waals surface area contributed by atoms with Crippen LogP contribution in [0.5, 0.6) is 0 Å². The van der Waals surface area contributed by atoms with E-state index in [1.165, 1.54) is 0 Å². The first-order valence-corrected chi connectivity index (χ1v) is 7.57. The van der Waals surface area contributed by atoms with Crippen molar-refractivity contribution in [2.24, 2.45) is 5.92 Å². The fourth-order valence-corrected chi connectivity index (χ4v) is 3.16. The van der Waals surface area contributed by atoms with Gasteiger partial charge in [0.2, 0.25) is 0 Å². The van der Waals surface area contributed by atoms with Crippen LogP contribution in [0.2, 0.25) is 0 Å². The fourth-order valence-electron chi connectivity index (χ4n) is 2.56. The largest absolute Gasteiger partial charge is 0.393 e. The summed E-state index contributed by atoms with van der Waals surface area (Å²) in [5.41, 5.74) is 1.77. The van der Waals surface area contributed by atoms with Crippen LogP contribution in [0.1, 0.15) is 41.6 Å². The Hall–Kier alpha value is -0.870. The van der Waals surface area contributed by atoms with Crippen LogP contribution in [-0.4, -0.2) is 23.7 Å². The molecule has 0 spiro atoms. The topological polar surface area (TPSA) is 49.3 Å². The number of rotatable bonds is 3. The van der Waals surface area contributed by atoms with Crippen LogP contribution in [-0.2, 0) is 0 Å². The first-order chi connectivity index (χ1) is 9.04. The maximum absolute atomic E-state index is 12.1. The number of carbonyl (C=O) groups is 1. The Bertz CT molecular complexity index is 433. The number of aliphatic hydroxyl groups excluding tert-OH is 1. The highest BCUT2D eigenvalue weighted by Gasteiger charge is 2.20. The number of amides is 1. The van der Waals surface area contributed by atoms with E-state index in [1.807, 2.05) is 25.1 Å². The average molecular weight is 326 g/mol. The number of nitrogens with one attached hydrogen (secondary N) is 1. The molecule has 0 heterocycles. The van der Waals surface area contributed by atoms with Gasteiger partial charge in [0.15, 0.2) is 0 Å². The maximum Gasteiger partial charge on any atom is 0.251 e. The van der Waals surface area contributed by atoms with E-state index < -0.39 is 0 Å². The summed E-state index contributed by atoms with van der Waals surface area (Å²) in [7, 11) is 0. The highest BCUT2D eigenvalue weighted by Crippen LogP contribution is 2.23. The minimum atomic E-state index is -0.139. The third kappa shape index (κ3) is 4.32. The molecule has 0 atom stereocenters. The van der Waals surface area contributed by atoms with Crippen LogP contribution in [0.4, 0.5) is 0 Å². The van der Waals surface area contributed by atoms with Gasteiger partial charge in [-0.25, -0.2) is 0 Å². The van der Waals surface area contributed by atoms with E-state index in [4.69, 9.17) is 0 Å². The lowest BCUT2D eigenvalue weighted by molar-refractivity contribution is 0.0910. The standard InChI is InChI=1S/C15H20BrNO2/c1-10-6-12(8-13(16)7-10)15(19)17-9-11-2-4-14(18)5-3-11/h6-8,11,14,18H,2-5,9H2,1H3,(H,17,19). The van der Waals surface area contributed by atoms with Crippen molar-refractivity contribution >= 4 is 21.8 Å². The molecule has 2 rings (SSSR count). The summed E-state index contributed by atoms with van der Waals surface area (Å²) < 4.78 is 0.929. The average Bonchev–Trinajstić information content (AvgIpc) is 2.36. The molecule has 0 aromatic heterocycles. The van der Waals surface area contributed by atoms with Gasteiger partial charge in [-0.05, 0) is 62.3 Å². The number of benzene rings is 1. The van der Waals surface area contributed by atoms with E-state index in [2.05, 4.69) is 21.2 Å². The minimum Gasteiger partial charge on any atom is -0.393 e. The van der Waals surface area contributed by atoms with Crippen molar-refractivity contribution in [3.63, 3.8) is 0 Å². The molecular weight excluding hydrogens is 306 g/mol. The van der Waals surface area contributed by atoms with Crippen molar-refractivity contribution in [1.82, 2.24) is 5.32 Å². The third-order valence-electron chi connectivity index (χ3n) is 3.67. The number of halogens is 1. The molecular formula is C15H20BrNO2. The second-order valence-electron chi connectivity index (χ2n) is 5.40. The van der Waals surface area contributed by atoms with Crippen LogP contribution in [0.25, 0.3) is 0 Å². The van der Waals surface area contributed by atoms with E-state index in [9.17, 15) is 9.90 Å². The van der Waals surface area contributed by atoms with E-state index in [0.29, 0.717) is 18.0 Å². The SMILES string of the molecule is Cc1cc(Br)cc(C(=O)NCC2CCC(O)CC2)c1. The molecule has 1 fully saturated rings. The molecule has 0 aliphatic heterocycles. The van der Waals surface area contributed by atoms with Gasteiger partial charge < -0.3 is 10.4 Å². The first kappa shape index (κ1) is 14.5. The molecule has 4 heteroatoms. The molecule has 104 valence electrons. The summed E-state index contributed by atoms with van der Waals surface area (Å²) in [6.45, 7) is 2.68. The molecule has 1 aliphatic carbocycles. The zero-order chi connectivity index (χ0) is 13.8. The zero-order valence-corrected chi connectivity index (χ0v) is 12.7. The quantitative estimate of drug-likeness (QED) is 0.897. The molecule has 0 unspecified atom stereocenters. The van der Waals surface area contributed by atoms with Gasteiger partial charge in [-0.1, -0.05) is 15.9 Å². The summed E-state index contributed by atoms with van der Waals surface area (Å²) in [6, 6.07) is 5.72. The van der Waals surface area contributed by atoms with Crippen LogP contribution in [0, 0.1) is 12.8 Å². The smallest absolute Gasteiger partial charge is 0.251 e. The van der Waals surface area contributed by atoms with Gasteiger partial charge >= 0.3 is 0 Å². The van der Waals surface area contributed by atoms with Crippen molar-refractivity contribution in [3.8, 4) is 0 Å². The maximum atomic E-state index is 12.1. The molecule has 0 saturated heterocycles. The molecule has 1 aromatic carbocycles. The molecule has 0 bridgehead atoms. The van der Waals surface area contributed by atoms with Crippen LogP contribution >= 0.6 is 15.9 Å². The van der Waals surface area contributed by atoms with Gasteiger partial charge in [0.25, 0.3) is 5.91 Å². The monoisotopic (exact) mass is 325 g/mol. The van der Waals surface area contributed by atoms with Crippen molar-refractivity contribution < 1.29 is 9.90 Å². The number of carbonyl (C=O) groups excluding carboxylic acids is 1. The lowest BCUT2D eigenvalue weighted by Crippen LogP contribution is -2.32. The van der Waals surface area contributed by atoms with Crippen LogP contribution < -0.4 is 5.32 Å². The van der Waals surface area contributed by atoms with Crippen LogP contribution in [0.3, 0.4) is 0 Å². The molecule has 1 aliphatic rings. The molecule has 3 nitrogen and oxygen atoms in total. The van der Waals surface area contributed by atoms with Crippen LogP contribution in [0.15, 0.2) is 22.7 Å². The van der Waals surface area contributed by atoms with Crippen molar-refractivity contribution in [3.05, 3.63) is 33.8 Å². The second-order valence-corrected chi connectivity index (χ2v) is 6.32. The fraction of sp³-hybridized carbons (Fsp3) is 0.533. The zero-order valence-electron chi connectivity index (χ0n) is 11.2. The lowest BCUT2D eigenvalue weighted by Gasteiger charge is -2.25. The summed E-state index contributed by atoms with van der Waals surface area (Å²) in [5, 5.41) is 12.4. The highest BCUT2D eigenvalue weighted by atomic mass is 79.9. The van der Waals surface area contributed by atoms with Crippen molar-refractivity contribution in [2.45, 2.75) is 38.7 Å². The minimum absolute atomic E-state index is 0.0180. The number of aryl methyl sites for hydroxylation is 1. The van der Waals surface area contributed by atoms with Gasteiger partial charge in [-0.15, -0.1) is 0 Å². The Morgan fingerprint density at radius 2 is 2.00 bits per heavy atom. The first-order valence-electron chi connectivity index (χ1n) is 6.78. The van der Waals surface area contributed by atoms with Crippen molar-refractivity contribution in [1.29, 1.82) is 0 Å². The number of hydrogen-bond acceptors (Lipinski definition) is 2. The molecule has 1 aromatic rings. The van der Waals surface area contributed by atoms with E-state index in [1.54, 1.807) is 0 Å². The van der Waals surface area contributed by atoms with Gasteiger partial charge in [0, 0.05) is 16.6 Å². The van der Waals surface area contributed by atoms with E-state index in [-0.39, 0.29) is 12.0 Å². The molecule has 19 heavy (non-hydrogen) atoms. The molecule has 2 N–H and O–H groups in total. The Balaban J connectivity index is 1.87. The van der Waals surface area contributed by atoms with Gasteiger partial charge in [-0.3, -0.25) is 4.79 Å². The molecule has 0 radical (unpaired) electrons. The second kappa shape index (κ2) is 6.53. The van der Waals surface area contributed by atoms with Crippen molar-refractivity contribution in [2.75, 3.05) is 6.54 Å². The van der Waals surface area contributed by atoms with E-state index in [0.717, 1.165) is 35.7 Å². The summed E-state index contributed by atoms with van der Waals surface area (Å²) in [6.07, 6.45) is 3.57. The number of hydrogen-bond donors (Lipinski definition) is 2. The summed E-state index contributed by atoms with van der Waals surface area (Å²) >= 11 is 3.41. The van der Waals surface area contributed by atoms with E-state index >= 15 is 0 Å². The molecule has 1 saturated carbocycles. The highest BCUT2D eigenvalue weighted by molar-refractivity contribution is 9.10. The molecule has 1 amide bonds. The Morgan fingerprint density at radius 3 is 2.63 bits per heavy atom. The summed E-state index contributed by atoms with van der Waals surface area (Å²) in [5.74, 6) is 0.483. The normalized spacial score (nSPS) is 23.1. The number of aliphatic hydroxyl groups is 1. The van der Waals surface area contributed by atoms with Gasteiger partial charge in [-0.2, -0.15) is 0 Å². The third-order valence-corrected chi connectivity index (χ3v) is 4.13. The Kier molecular flexibility index (Phi) is 4.99. The van der Waals surface area contributed by atoms with Gasteiger partial charge in [0.1, 0.15) is 0 Å². The lowest BCUT2D eigenvalue weighted by atomic mass is 9.87. The predicted molar refractivity (Wildman–Crippen MR) is 79.2 cm³/mol. The van der Waals surface area contributed by atoms with Gasteiger partial charge in [0.05, 0.1) is 6.10 Å².